The highest BCUT2D eigenvalue weighted by Crippen LogP contribution is 2.23. The van der Waals surface area contributed by atoms with Gasteiger partial charge in [0.2, 0.25) is 0 Å². The smallest absolute Gasteiger partial charge is 0.137 e. The van der Waals surface area contributed by atoms with Crippen molar-refractivity contribution in [2.24, 2.45) is 0 Å². The van der Waals surface area contributed by atoms with E-state index in [4.69, 9.17) is 11.6 Å². The summed E-state index contributed by atoms with van der Waals surface area (Å²) < 4.78 is 2.77. The Morgan fingerprint density at radius 1 is 1.33 bits per heavy atom. The molecular formula is C10H9BrClN3. The van der Waals surface area contributed by atoms with Crippen LogP contribution in [0.1, 0.15) is 10.9 Å². The van der Waals surface area contributed by atoms with Gasteiger partial charge in [-0.15, -0.1) is 11.6 Å². The number of nitrogens with zero attached hydrogens (tertiary/aromatic N) is 3. The molecule has 0 fully saturated rings. The lowest BCUT2D eigenvalue weighted by Gasteiger charge is -2.09. The minimum Gasteiger partial charge on any atom is -0.251 e. The van der Waals surface area contributed by atoms with E-state index in [0.29, 0.717) is 6.54 Å². The molecule has 1 aromatic carbocycles. The van der Waals surface area contributed by atoms with Gasteiger partial charge < -0.3 is 0 Å². The van der Waals surface area contributed by atoms with Crippen LogP contribution in [0.5, 0.6) is 0 Å². The Kier molecular flexibility index (Phi) is 3.38. The molecule has 0 N–H and O–H groups in total. The van der Waals surface area contributed by atoms with Crippen molar-refractivity contribution < 1.29 is 0 Å². The quantitative estimate of drug-likeness (QED) is 0.812. The maximum atomic E-state index is 6.25. The molecule has 0 saturated carbocycles. The first kappa shape index (κ1) is 10.6. The molecule has 1 aromatic heterocycles. The molecule has 5 heteroatoms. The van der Waals surface area contributed by atoms with E-state index in [0.717, 1.165) is 10.0 Å². The van der Waals surface area contributed by atoms with Gasteiger partial charge >= 0.3 is 0 Å². The largest absolute Gasteiger partial charge is 0.251 e. The van der Waals surface area contributed by atoms with Gasteiger partial charge in [0.15, 0.2) is 0 Å². The van der Waals surface area contributed by atoms with E-state index >= 15 is 0 Å². The third-order valence-electron chi connectivity index (χ3n) is 2.05. The van der Waals surface area contributed by atoms with E-state index in [1.165, 1.54) is 6.33 Å². The average Bonchev–Trinajstić information content (AvgIpc) is 2.71. The zero-order valence-electron chi connectivity index (χ0n) is 7.85. The van der Waals surface area contributed by atoms with Gasteiger partial charge in [0.05, 0.1) is 11.9 Å². The van der Waals surface area contributed by atoms with E-state index in [1.807, 2.05) is 24.3 Å². The Balaban J connectivity index is 2.08. The third kappa shape index (κ3) is 2.79. The molecule has 0 saturated heterocycles. The molecule has 0 amide bonds. The van der Waals surface area contributed by atoms with Crippen LogP contribution in [0.25, 0.3) is 0 Å². The van der Waals surface area contributed by atoms with E-state index in [-0.39, 0.29) is 5.38 Å². The van der Waals surface area contributed by atoms with Crippen molar-refractivity contribution >= 4 is 27.5 Å². The van der Waals surface area contributed by atoms with Crippen LogP contribution < -0.4 is 0 Å². The van der Waals surface area contributed by atoms with Crippen LogP contribution >= 0.6 is 27.5 Å². The Hall–Kier alpha value is -0.870. The predicted molar refractivity (Wildman–Crippen MR) is 62.8 cm³/mol. The normalized spacial score (nSPS) is 12.7. The van der Waals surface area contributed by atoms with Crippen molar-refractivity contribution in [2.45, 2.75) is 11.9 Å². The van der Waals surface area contributed by atoms with E-state index in [2.05, 4.69) is 26.0 Å². The first-order chi connectivity index (χ1) is 7.25. The van der Waals surface area contributed by atoms with Crippen molar-refractivity contribution in [3.05, 3.63) is 47.0 Å². The molecule has 1 atom stereocenters. The van der Waals surface area contributed by atoms with Crippen LogP contribution in [0, 0.1) is 0 Å². The van der Waals surface area contributed by atoms with Gasteiger partial charge in [-0.3, -0.25) is 4.68 Å². The summed E-state index contributed by atoms with van der Waals surface area (Å²) >= 11 is 9.63. The summed E-state index contributed by atoms with van der Waals surface area (Å²) in [5.74, 6) is 0. The van der Waals surface area contributed by atoms with Crippen molar-refractivity contribution in [1.29, 1.82) is 0 Å². The van der Waals surface area contributed by atoms with Crippen molar-refractivity contribution in [3.63, 3.8) is 0 Å². The first-order valence-electron chi connectivity index (χ1n) is 4.47. The van der Waals surface area contributed by atoms with Crippen molar-refractivity contribution in [1.82, 2.24) is 14.8 Å². The molecule has 1 heterocycles. The van der Waals surface area contributed by atoms with Crippen LogP contribution in [-0.4, -0.2) is 14.8 Å². The lowest BCUT2D eigenvalue weighted by Crippen LogP contribution is -2.04. The average molecular weight is 287 g/mol. The van der Waals surface area contributed by atoms with Crippen molar-refractivity contribution in [3.8, 4) is 0 Å². The molecule has 0 bridgehead atoms. The lowest BCUT2D eigenvalue weighted by atomic mass is 10.1. The Bertz CT molecular complexity index is 413. The molecule has 2 rings (SSSR count). The second kappa shape index (κ2) is 4.77. The summed E-state index contributed by atoms with van der Waals surface area (Å²) in [4.78, 5) is 3.87. The zero-order chi connectivity index (χ0) is 10.7. The van der Waals surface area contributed by atoms with Crippen LogP contribution in [0.15, 0.2) is 41.4 Å². The second-order valence-corrected chi connectivity index (χ2v) is 4.58. The number of hydrogen-bond donors (Lipinski definition) is 0. The summed E-state index contributed by atoms with van der Waals surface area (Å²) in [6, 6.07) is 7.95. The van der Waals surface area contributed by atoms with Gasteiger partial charge in [-0.1, -0.05) is 28.1 Å². The monoisotopic (exact) mass is 285 g/mol. The van der Waals surface area contributed by atoms with Crippen molar-refractivity contribution in [2.75, 3.05) is 0 Å². The van der Waals surface area contributed by atoms with E-state index < -0.39 is 0 Å². The highest BCUT2D eigenvalue weighted by atomic mass is 79.9. The fourth-order valence-electron chi connectivity index (χ4n) is 1.27. The number of aromatic nitrogens is 3. The van der Waals surface area contributed by atoms with Crippen LogP contribution in [-0.2, 0) is 6.54 Å². The van der Waals surface area contributed by atoms with E-state index in [1.54, 1.807) is 11.0 Å². The zero-order valence-corrected chi connectivity index (χ0v) is 10.2. The molecular weight excluding hydrogens is 277 g/mol. The molecule has 1 unspecified atom stereocenters. The molecule has 0 radical (unpaired) electrons. The maximum Gasteiger partial charge on any atom is 0.137 e. The van der Waals surface area contributed by atoms with Crippen LogP contribution in [0.3, 0.4) is 0 Å². The Morgan fingerprint density at radius 3 is 2.67 bits per heavy atom. The molecule has 2 aromatic rings. The number of benzene rings is 1. The summed E-state index contributed by atoms with van der Waals surface area (Å²) in [7, 11) is 0. The van der Waals surface area contributed by atoms with Gasteiger partial charge in [0.25, 0.3) is 0 Å². The van der Waals surface area contributed by atoms with Gasteiger partial charge in [0.1, 0.15) is 12.7 Å². The van der Waals surface area contributed by atoms with Gasteiger partial charge in [-0.25, -0.2) is 4.98 Å². The third-order valence-corrected chi connectivity index (χ3v) is 2.96. The Labute approximate surface area is 101 Å². The number of rotatable bonds is 3. The van der Waals surface area contributed by atoms with Gasteiger partial charge in [-0.05, 0) is 17.7 Å². The molecule has 78 valence electrons. The molecule has 3 nitrogen and oxygen atoms in total. The highest BCUT2D eigenvalue weighted by Gasteiger charge is 2.08. The second-order valence-electron chi connectivity index (χ2n) is 3.14. The number of hydrogen-bond acceptors (Lipinski definition) is 2. The standard InChI is InChI=1S/C10H9BrClN3/c11-9-3-1-8(2-4-9)10(12)5-15-7-13-6-14-15/h1-4,6-7,10H,5H2. The maximum absolute atomic E-state index is 6.25. The summed E-state index contributed by atoms with van der Waals surface area (Å²) in [5, 5.41) is 3.93. The number of halogens is 2. The SMILES string of the molecule is ClC(Cn1cncn1)c1ccc(Br)cc1. The van der Waals surface area contributed by atoms with Gasteiger partial charge in [0, 0.05) is 4.47 Å². The fourth-order valence-corrected chi connectivity index (χ4v) is 1.82. The molecule has 0 aliphatic carbocycles. The topological polar surface area (TPSA) is 30.7 Å². The van der Waals surface area contributed by atoms with Crippen LogP contribution in [0.4, 0.5) is 0 Å². The first-order valence-corrected chi connectivity index (χ1v) is 5.70. The van der Waals surface area contributed by atoms with Crippen LogP contribution in [0.2, 0.25) is 0 Å². The molecule has 0 aliphatic rings. The summed E-state index contributed by atoms with van der Waals surface area (Å²) in [6.45, 7) is 0.628. The molecule has 15 heavy (non-hydrogen) atoms. The lowest BCUT2D eigenvalue weighted by molar-refractivity contribution is 0.600. The minimum absolute atomic E-state index is 0.0835. The number of alkyl halides is 1. The highest BCUT2D eigenvalue weighted by molar-refractivity contribution is 9.10. The van der Waals surface area contributed by atoms with Gasteiger partial charge in [-0.2, -0.15) is 5.10 Å². The summed E-state index contributed by atoms with van der Waals surface area (Å²) in [5.41, 5.74) is 1.08. The predicted octanol–water partition coefficient (Wildman–Crippen LogP) is 3.02. The Morgan fingerprint density at radius 2 is 2.07 bits per heavy atom. The molecule has 0 aliphatic heterocycles. The summed E-state index contributed by atoms with van der Waals surface area (Å²) in [6.07, 6.45) is 3.17. The van der Waals surface area contributed by atoms with E-state index in [9.17, 15) is 0 Å². The minimum atomic E-state index is -0.0835. The molecule has 0 spiro atoms. The fraction of sp³-hybridized carbons (Fsp3) is 0.200.